The molecule has 3 aromatic rings. The normalized spacial score (nSPS) is 10.8. The molecule has 3 aromatic carbocycles. The van der Waals surface area contributed by atoms with Gasteiger partial charge >= 0.3 is 0 Å². The Morgan fingerprint density at radius 2 is 1.79 bits per heavy atom. The molecule has 0 aliphatic heterocycles. The molecule has 0 aromatic heterocycles. The van der Waals surface area contributed by atoms with Gasteiger partial charge in [0, 0.05) is 4.90 Å². The Morgan fingerprint density at radius 1 is 1.04 bits per heavy atom. The molecule has 5 heteroatoms. The number of rotatable bonds is 4. The van der Waals surface area contributed by atoms with Crippen molar-refractivity contribution >= 4 is 57.3 Å². The van der Waals surface area contributed by atoms with Gasteiger partial charge in [0.25, 0.3) is 0 Å². The van der Waals surface area contributed by atoms with E-state index in [1.807, 2.05) is 31.2 Å². The van der Waals surface area contributed by atoms with Gasteiger partial charge in [0.15, 0.2) is 0 Å². The standard InChI is InChI=1S/C19H15Cl2NOS/c1-12-6-9-16(20)19(18(12)21)22-17(23)11-24-15-8-7-13-4-2-3-5-14(13)10-15/h2-10H,11H2,1H3,(H,22,23). The van der Waals surface area contributed by atoms with Crippen molar-refractivity contribution in [3.05, 3.63) is 70.2 Å². The maximum atomic E-state index is 12.2. The molecule has 0 unspecified atom stereocenters. The first-order chi connectivity index (χ1) is 11.5. The summed E-state index contributed by atoms with van der Waals surface area (Å²) in [5, 5.41) is 6.07. The van der Waals surface area contributed by atoms with E-state index in [4.69, 9.17) is 23.2 Å². The zero-order chi connectivity index (χ0) is 17.1. The summed E-state index contributed by atoms with van der Waals surface area (Å²) in [6.45, 7) is 1.87. The fraction of sp³-hybridized carbons (Fsp3) is 0.105. The molecule has 0 heterocycles. The van der Waals surface area contributed by atoms with Crippen LogP contribution in [0.15, 0.2) is 59.5 Å². The molecule has 2 nitrogen and oxygen atoms in total. The van der Waals surface area contributed by atoms with Gasteiger partial charge in [-0.3, -0.25) is 4.79 Å². The number of carbonyl (C=O) groups excluding carboxylic acids is 1. The van der Waals surface area contributed by atoms with Crippen molar-refractivity contribution in [1.82, 2.24) is 0 Å². The second-order valence-corrected chi connectivity index (χ2v) is 7.23. The van der Waals surface area contributed by atoms with Crippen molar-refractivity contribution in [3.63, 3.8) is 0 Å². The molecule has 3 rings (SSSR count). The molecule has 1 N–H and O–H groups in total. The van der Waals surface area contributed by atoms with Crippen molar-refractivity contribution < 1.29 is 4.79 Å². The Balaban J connectivity index is 1.68. The molecule has 24 heavy (non-hydrogen) atoms. The van der Waals surface area contributed by atoms with Crippen LogP contribution in [0.1, 0.15) is 5.56 Å². The van der Waals surface area contributed by atoms with Crippen molar-refractivity contribution in [2.45, 2.75) is 11.8 Å². The molecule has 0 aliphatic carbocycles. The molecule has 122 valence electrons. The summed E-state index contributed by atoms with van der Waals surface area (Å²) in [5.74, 6) is 0.154. The van der Waals surface area contributed by atoms with Gasteiger partial charge in [-0.1, -0.05) is 59.6 Å². The molecule has 0 bridgehead atoms. The molecule has 0 atom stereocenters. The van der Waals surface area contributed by atoms with Crippen molar-refractivity contribution in [3.8, 4) is 0 Å². The van der Waals surface area contributed by atoms with Gasteiger partial charge in [-0.25, -0.2) is 0 Å². The van der Waals surface area contributed by atoms with Crippen LogP contribution in [0.25, 0.3) is 10.8 Å². The minimum atomic E-state index is -0.137. The smallest absolute Gasteiger partial charge is 0.234 e. The van der Waals surface area contributed by atoms with Crippen LogP contribution >= 0.6 is 35.0 Å². The number of nitrogens with one attached hydrogen (secondary N) is 1. The Morgan fingerprint density at radius 3 is 2.58 bits per heavy atom. The van der Waals surface area contributed by atoms with Crippen LogP contribution in [-0.4, -0.2) is 11.7 Å². The first kappa shape index (κ1) is 17.2. The lowest BCUT2D eigenvalue weighted by atomic mass is 10.1. The predicted molar refractivity (Wildman–Crippen MR) is 105 cm³/mol. The summed E-state index contributed by atoms with van der Waals surface area (Å²) in [4.78, 5) is 13.3. The van der Waals surface area contributed by atoms with Crippen LogP contribution in [-0.2, 0) is 4.79 Å². The number of benzene rings is 3. The number of hydrogen-bond acceptors (Lipinski definition) is 2. The van der Waals surface area contributed by atoms with Gasteiger partial charge in [0.2, 0.25) is 5.91 Å². The van der Waals surface area contributed by atoms with E-state index in [1.54, 1.807) is 6.07 Å². The third kappa shape index (κ3) is 3.86. The molecule has 0 aliphatic rings. The largest absolute Gasteiger partial charge is 0.323 e. The van der Waals surface area contributed by atoms with E-state index >= 15 is 0 Å². The summed E-state index contributed by atoms with van der Waals surface area (Å²) in [6.07, 6.45) is 0. The molecular weight excluding hydrogens is 361 g/mol. The Kier molecular flexibility index (Phi) is 5.34. The summed E-state index contributed by atoms with van der Waals surface area (Å²) in [5.41, 5.74) is 1.35. The minimum absolute atomic E-state index is 0.137. The second kappa shape index (κ2) is 7.47. The van der Waals surface area contributed by atoms with Crippen LogP contribution in [0.3, 0.4) is 0 Å². The zero-order valence-corrected chi connectivity index (χ0v) is 15.3. The van der Waals surface area contributed by atoms with Gasteiger partial charge in [-0.05, 0) is 41.5 Å². The van der Waals surface area contributed by atoms with Gasteiger partial charge < -0.3 is 5.32 Å². The lowest BCUT2D eigenvalue weighted by Crippen LogP contribution is -2.14. The van der Waals surface area contributed by atoms with E-state index in [2.05, 4.69) is 29.6 Å². The Bertz CT molecular complexity index is 911. The average Bonchev–Trinajstić information content (AvgIpc) is 2.60. The lowest BCUT2D eigenvalue weighted by Gasteiger charge is -2.11. The van der Waals surface area contributed by atoms with Crippen LogP contribution in [0, 0.1) is 6.92 Å². The highest BCUT2D eigenvalue weighted by atomic mass is 35.5. The summed E-state index contributed by atoms with van der Waals surface area (Å²) >= 11 is 13.8. The van der Waals surface area contributed by atoms with Gasteiger partial charge in [0.05, 0.1) is 21.5 Å². The molecule has 1 amide bonds. The highest BCUT2D eigenvalue weighted by Gasteiger charge is 2.12. The molecule has 0 fully saturated rings. The van der Waals surface area contributed by atoms with E-state index in [0.717, 1.165) is 15.8 Å². The van der Waals surface area contributed by atoms with Crippen molar-refractivity contribution in [2.75, 3.05) is 11.1 Å². The first-order valence-corrected chi connectivity index (χ1v) is 9.15. The average molecular weight is 376 g/mol. The predicted octanol–water partition coefficient (Wildman–Crippen LogP) is 6.19. The maximum Gasteiger partial charge on any atom is 0.234 e. The number of hydrogen-bond donors (Lipinski definition) is 1. The number of fused-ring (bicyclic) bond motifs is 1. The van der Waals surface area contributed by atoms with Crippen LogP contribution in [0.5, 0.6) is 0 Å². The number of anilines is 1. The zero-order valence-electron chi connectivity index (χ0n) is 13.0. The van der Waals surface area contributed by atoms with Crippen LogP contribution < -0.4 is 5.32 Å². The number of carbonyl (C=O) groups is 1. The van der Waals surface area contributed by atoms with E-state index in [-0.39, 0.29) is 5.91 Å². The quantitative estimate of drug-likeness (QED) is 0.551. The lowest BCUT2D eigenvalue weighted by molar-refractivity contribution is -0.113. The van der Waals surface area contributed by atoms with E-state index < -0.39 is 0 Å². The minimum Gasteiger partial charge on any atom is -0.323 e. The summed E-state index contributed by atoms with van der Waals surface area (Å²) < 4.78 is 0. The van der Waals surface area contributed by atoms with Crippen molar-refractivity contribution in [2.24, 2.45) is 0 Å². The fourth-order valence-electron chi connectivity index (χ4n) is 2.35. The highest BCUT2D eigenvalue weighted by Crippen LogP contribution is 2.33. The Hall–Kier alpha value is -1.68. The molecule has 0 saturated heterocycles. The molecular formula is C19H15Cl2NOS. The van der Waals surface area contributed by atoms with Gasteiger partial charge in [-0.15, -0.1) is 11.8 Å². The number of halogens is 2. The summed E-state index contributed by atoms with van der Waals surface area (Å²) in [6, 6.07) is 17.9. The maximum absolute atomic E-state index is 12.2. The third-order valence-corrected chi connectivity index (χ3v) is 5.44. The Labute approximate surface area is 155 Å². The van der Waals surface area contributed by atoms with Crippen molar-refractivity contribution in [1.29, 1.82) is 0 Å². The SMILES string of the molecule is Cc1ccc(Cl)c(NC(=O)CSc2ccc3ccccc3c2)c1Cl. The molecule has 0 radical (unpaired) electrons. The highest BCUT2D eigenvalue weighted by molar-refractivity contribution is 8.00. The third-order valence-electron chi connectivity index (χ3n) is 3.64. The summed E-state index contributed by atoms with van der Waals surface area (Å²) in [7, 11) is 0. The van der Waals surface area contributed by atoms with E-state index in [1.165, 1.54) is 17.1 Å². The monoisotopic (exact) mass is 375 g/mol. The van der Waals surface area contributed by atoms with Crippen LogP contribution in [0.2, 0.25) is 10.0 Å². The fourth-order valence-corrected chi connectivity index (χ4v) is 3.56. The number of aryl methyl sites for hydroxylation is 1. The van der Waals surface area contributed by atoms with E-state index in [0.29, 0.717) is 21.5 Å². The first-order valence-electron chi connectivity index (χ1n) is 7.40. The number of thioether (sulfide) groups is 1. The topological polar surface area (TPSA) is 29.1 Å². The van der Waals surface area contributed by atoms with E-state index in [9.17, 15) is 4.79 Å². The van der Waals surface area contributed by atoms with Crippen LogP contribution in [0.4, 0.5) is 5.69 Å². The molecule has 0 spiro atoms. The van der Waals surface area contributed by atoms with Gasteiger partial charge in [-0.2, -0.15) is 0 Å². The second-order valence-electron chi connectivity index (χ2n) is 5.40. The van der Waals surface area contributed by atoms with Gasteiger partial charge in [0.1, 0.15) is 0 Å². The molecule has 0 saturated carbocycles. The number of amides is 1.